The van der Waals surface area contributed by atoms with E-state index in [9.17, 15) is 13.2 Å². The number of hydrogen-bond donors (Lipinski definition) is 0. The van der Waals surface area contributed by atoms with Crippen LogP contribution in [0.25, 0.3) is 0 Å². The first kappa shape index (κ1) is 11.4. The van der Waals surface area contributed by atoms with Gasteiger partial charge >= 0.3 is 6.18 Å². The number of alkyl halides is 3. The van der Waals surface area contributed by atoms with Crippen molar-refractivity contribution in [1.82, 2.24) is 14.7 Å². The summed E-state index contributed by atoms with van der Waals surface area (Å²) in [6.45, 7) is 1.73. The van der Waals surface area contributed by atoms with Crippen LogP contribution in [0.3, 0.4) is 0 Å². The number of halogens is 3. The molecule has 0 spiro atoms. The number of aromatic nitrogens is 2. The van der Waals surface area contributed by atoms with Crippen molar-refractivity contribution in [2.45, 2.75) is 18.5 Å². The van der Waals surface area contributed by atoms with E-state index in [1.54, 1.807) is 7.05 Å². The smallest absolute Gasteiger partial charge is 0.306 e. The van der Waals surface area contributed by atoms with Gasteiger partial charge < -0.3 is 4.90 Å². The molecule has 1 unspecified atom stereocenters. The van der Waals surface area contributed by atoms with Crippen molar-refractivity contribution in [3.8, 4) is 0 Å². The Morgan fingerprint density at radius 1 is 1.38 bits per heavy atom. The van der Waals surface area contributed by atoms with Crippen molar-refractivity contribution in [2.75, 3.05) is 20.1 Å². The maximum Gasteiger partial charge on any atom is 0.435 e. The zero-order valence-corrected chi connectivity index (χ0v) is 9.25. The summed E-state index contributed by atoms with van der Waals surface area (Å²) < 4.78 is 38.7. The van der Waals surface area contributed by atoms with Crippen LogP contribution in [0, 0.1) is 0 Å². The summed E-state index contributed by atoms with van der Waals surface area (Å²) in [4.78, 5) is 2.12. The summed E-state index contributed by atoms with van der Waals surface area (Å²) in [5, 5.41) is 3.52. The fraction of sp³-hybridized carbons (Fsp3) is 0.700. The van der Waals surface area contributed by atoms with Crippen molar-refractivity contribution in [2.24, 2.45) is 7.05 Å². The second-order valence-electron chi connectivity index (χ2n) is 4.32. The average molecular weight is 233 g/mol. The quantitative estimate of drug-likeness (QED) is 0.738. The van der Waals surface area contributed by atoms with Gasteiger partial charge in [0.1, 0.15) is 0 Å². The van der Waals surface area contributed by atoms with Gasteiger partial charge in [0.2, 0.25) is 0 Å². The molecule has 0 aromatic carbocycles. The molecule has 0 amide bonds. The Kier molecular flexibility index (Phi) is 2.69. The number of likely N-dealkylation sites (tertiary alicyclic amines) is 1. The molecule has 1 atom stereocenters. The Labute approximate surface area is 91.8 Å². The van der Waals surface area contributed by atoms with Crippen LogP contribution in [0.5, 0.6) is 0 Å². The minimum atomic E-state index is -4.35. The molecular weight excluding hydrogens is 219 g/mol. The lowest BCUT2D eigenvalue weighted by molar-refractivity contribution is -0.141. The minimum absolute atomic E-state index is 0.165. The molecule has 0 radical (unpaired) electrons. The van der Waals surface area contributed by atoms with Gasteiger partial charge in [-0.1, -0.05) is 0 Å². The molecule has 0 bridgehead atoms. The molecule has 2 heterocycles. The first-order valence-corrected chi connectivity index (χ1v) is 5.17. The van der Waals surface area contributed by atoms with Gasteiger partial charge in [-0.25, -0.2) is 0 Å². The number of hydrogen-bond acceptors (Lipinski definition) is 2. The highest BCUT2D eigenvalue weighted by Crippen LogP contribution is 2.32. The van der Waals surface area contributed by atoms with Crippen LogP contribution in [-0.2, 0) is 13.2 Å². The number of nitrogens with zero attached hydrogens (tertiary/aromatic N) is 3. The molecule has 90 valence electrons. The fourth-order valence-electron chi connectivity index (χ4n) is 2.18. The zero-order valence-electron chi connectivity index (χ0n) is 9.25. The first-order valence-electron chi connectivity index (χ1n) is 5.17. The van der Waals surface area contributed by atoms with Crippen LogP contribution in [-0.4, -0.2) is 34.8 Å². The molecule has 6 heteroatoms. The van der Waals surface area contributed by atoms with E-state index in [1.165, 1.54) is 10.7 Å². The van der Waals surface area contributed by atoms with Gasteiger partial charge in [-0.15, -0.1) is 0 Å². The maximum absolute atomic E-state index is 12.5. The summed E-state index contributed by atoms with van der Waals surface area (Å²) in [6, 6.07) is 1.17. The average Bonchev–Trinajstić information content (AvgIpc) is 2.70. The molecule has 1 aliphatic heterocycles. The van der Waals surface area contributed by atoms with E-state index >= 15 is 0 Å². The van der Waals surface area contributed by atoms with E-state index in [1.807, 2.05) is 7.05 Å². The van der Waals surface area contributed by atoms with E-state index in [-0.39, 0.29) is 5.92 Å². The van der Waals surface area contributed by atoms with Crippen molar-refractivity contribution < 1.29 is 13.2 Å². The highest BCUT2D eigenvalue weighted by molar-refractivity contribution is 5.18. The van der Waals surface area contributed by atoms with Gasteiger partial charge in [0.25, 0.3) is 0 Å². The standard InChI is InChI=1S/C10H14F3N3/c1-15-4-3-7(6-15)8-5-9(10(11,12)13)14-16(8)2/h5,7H,3-4,6H2,1-2H3. The molecule has 1 aliphatic rings. The van der Waals surface area contributed by atoms with Gasteiger partial charge in [-0.2, -0.15) is 18.3 Å². The van der Waals surface area contributed by atoms with Crippen molar-refractivity contribution in [1.29, 1.82) is 0 Å². The predicted molar refractivity (Wildman–Crippen MR) is 53.1 cm³/mol. The topological polar surface area (TPSA) is 21.1 Å². The molecule has 0 saturated carbocycles. The number of rotatable bonds is 1. The third kappa shape index (κ3) is 2.07. The van der Waals surface area contributed by atoms with E-state index in [2.05, 4.69) is 10.00 Å². The Balaban J connectivity index is 2.25. The highest BCUT2D eigenvalue weighted by atomic mass is 19.4. The highest BCUT2D eigenvalue weighted by Gasteiger charge is 2.36. The van der Waals surface area contributed by atoms with Crippen LogP contribution in [0.1, 0.15) is 23.7 Å². The van der Waals surface area contributed by atoms with Gasteiger partial charge in [-0.05, 0) is 26.1 Å². The lowest BCUT2D eigenvalue weighted by atomic mass is 10.0. The van der Waals surface area contributed by atoms with Crippen molar-refractivity contribution in [3.63, 3.8) is 0 Å². The van der Waals surface area contributed by atoms with Crippen LogP contribution >= 0.6 is 0 Å². The lowest BCUT2D eigenvalue weighted by Crippen LogP contribution is -2.14. The Morgan fingerprint density at radius 2 is 2.06 bits per heavy atom. The number of likely N-dealkylation sites (N-methyl/N-ethyl adjacent to an activating group) is 1. The Morgan fingerprint density at radius 3 is 2.50 bits per heavy atom. The molecule has 1 aromatic rings. The van der Waals surface area contributed by atoms with E-state index in [4.69, 9.17) is 0 Å². The van der Waals surface area contributed by atoms with E-state index in [0.29, 0.717) is 5.69 Å². The largest absolute Gasteiger partial charge is 0.435 e. The van der Waals surface area contributed by atoms with E-state index < -0.39 is 11.9 Å². The Bertz CT molecular complexity index is 383. The van der Waals surface area contributed by atoms with Crippen LogP contribution in [0.4, 0.5) is 13.2 Å². The summed E-state index contributed by atoms with van der Waals surface area (Å²) in [6.07, 6.45) is -3.45. The van der Waals surface area contributed by atoms with Gasteiger partial charge in [0.05, 0.1) is 0 Å². The molecule has 0 N–H and O–H groups in total. The third-order valence-electron chi connectivity index (χ3n) is 3.02. The molecule has 1 fully saturated rings. The van der Waals surface area contributed by atoms with Crippen LogP contribution in [0.2, 0.25) is 0 Å². The molecule has 1 aromatic heterocycles. The van der Waals surface area contributed by atoms with Crippen molar-refractivity contribution >= 4 is 0 Å². The summed E-state index contributed by atoms with van der Waals surface area (Å²) in [5.74, 6) is 0.165. The third-order valence-corrected chi connectivity index (χ3v) is 3.02. The number of aryl methyl sites for hydroxylation is 1. The van der Waals surface area contributed by atoms with Crippen LogP contribution in [0.15, 0.2) is 6.07 Å². The maximum atomic E-state index is 12.5. The molecule has 2 rings (SSSR count). The second kappa shape index (κ2) is 3.76. The monoisotopic (exact) mass is 233 g/mol. The zero-order chi connectivity index (χ0) is 11.9. The first-order chi connectivity index (χ1) is 7.38. The SMILES string of the molecule is CN1CCC(c2cc(C(F)(F)F)nn2C)C1. The van der Waals surface area contributed by atoms with Crippen molar-refractivity contribution in [3.05, 3.63) is 17.5 Å². The summed E-state index contributed by atoms with van der Waals surface area (Å²) in [7, 11) is 3.55. The van der Waals surface area contributed by atoms with Gasteiger partial charge in [0.15, 0.2) is 5.69 Å². The molecule has 0 aliphatic carbocycles. The molecular formula is C10H14F3N3. The van der Waals surface area contributed by atoms with Gasteiger partial charge in [-0.3, -0.25) is 4.68 Å². The second-order valence-corrected chi connectivity index (χ2v) is 4.32. The predicted octanol–water partition coefficient (Wildman–Crippen LogP) is 1.86. The molecule has 16 heavy (non-hydrogen) atoms. The fourth-order valence-corrected chi connectivity index (χ4v) is 2.18. The minimum Gasteiger partial charge on any atom is -0.306 e. The van der Waals surface area contributed by atoms with E-state index in [0.717, 1.165) is 19.5 Å². The summed E-state index contributed by atoms with van der Waals surface area (Å²) in [5.41, 5.74) is -0.115. The summed E-state index contributed by atoms with van der Waals surface area (Å²) >= 11 is 0. The van der Waals surface area contributed by atoms with Crippen LogP contribution < -0.4 is 0 Å². The molecule has 3 nitrogen and oxygen atoms in total. The van der Waals surface area contributed by atoms with Gasteiger partial charge in [0, 0.05) is 25.2 Å². The Hall–Kier alpha value is -1.04. The normalized spacial score (nSPS) is 22.9. The lowest BCUT2D eigenvalue weighted by Gasteiger charge is -2.10. The molecule has 1 saturated heterocycles.